The highest BCUT2D eigenvalue weighted by atomic mass is 16.6. The number of carbonyl (C=O) groups excluding carboxylic acids is 3. The minimum Gasteiger partial charge on any atom is -0.507 e. The molecule has 0 aliphatic carbocycles. The first-order valence-corrected chi connectivity index (χ1v) is 14.6. The Morgan fingerprint density at radius 3 is 2.10 bits per heavy atom. The molecule has 2 aromatic carbocycles. The van der Waals surface area contributed by atoms with E-state index in [0.717, 1.165) is 70.1 Å². The van der Waals surface area contributed by atoms with Crippen LogP contribution in [-0.4, -0.2) is 70.1 Å². The van der Waals surface area contributed by atoms with E-state index in [-0.39, 0.29) is 22.4 Å². The lowest BCUT2D eigenvalue weighted by molar-refractivity contribution is -0.147. The highest BCUT2D eigenvalue weighted by Gasteiger charge is 2.41. The Balaban J connectivity index is 1.82. The SMILES string of the molecule is CCCCCCN(CCCCCC)c1ccc(C(=O)c2ccccc2C(=O)OC2=C(O)[C@@H]([C@@H](O)CO)OC2=O)c(O)c1. The number of unbranched alkanes of at least 4 members (excludes halogenated alkanes) is 6. The molecule has 10 nitrogen and oxygen atoms in total. The molecule has 0 spiro atoms. The minimum atomic E-state index is -1.62. The van der Waals surface area contributed by atoms with E-state index in [1.807, 2.05) is 0 Å². The molecule has 1 aliphatic heterocycles. The summed E-state index contributed by atoms with van der Waals surface area (Å²) in [7, 11) is 0. The number of ether oxygens (including phenoxy) is 2. The van der Waals surface area contributed by atoms with Gasteiger partial charge in [0, 0.05) is 30.4 Å². The van der Waals surface area contributed by atoms with Crippen molar-refractivity contribution in [3.63, 3.8) is 0 Å². The van der Waals surface area contributed by atoms with Gasteiger partial charge in [-0.25, -0.2) is 9.59 Å². The second-order valence-electron chi connectivity index (χ2n) is 10.4. The molecule has 1 aliphatic rings. The van der Waals surface area contributed by atoms with Crippen LogP contribution < -0.4 is 4.90 Å². The van der Waals surface area contributed by atoms with Gasteiger partial charge in [-0.05, 0) is 31.0 Å². The van der Waals surface area contributed by atoms with E-state index in [2.05, 4.69) is 18.7 Å². The fourth-order valence-corrected chi connectivity index (χ4v) is 4.80. The molecule has 3 rings (SSSR count). The minimum absolute atomic E-state index is 0.00983. The van der Waals surface area contributed by atoms with Crippen LogP contribution in [0.15, 0.2) is 54.0 Å². The Bertz CT molecular complexity index is 1260. The number of ketones is 1. The van der Waals surface area contributed by atoms with E-state index >= 15 is 0 Å². The average molecular weight is 584 g/mol. The van der Waals surface area contributed by atoms with Gasteiger partial charge in [0.05, 0.1) is 17.7 Å². The molecule has 0 bridgehead atoms. The first-order chi connectivity index (χ1) is 20.2. The predicted octanol–water partition coefficient (Wildman–Crippen LogP) is 4.80. The molecule has 2 aromatic rings. The Hall–Kier alpha value is -3.89. The summed E-state index contributed by atoms with van der Waals surface area (Å²) in [4.78, 5) is 40.9. The smallest absolute Gasteiger partial charge is 0.378 e. The van der Waals surface area contributed by atoms with E-state index in [1.54, 1.807) is 12.1 Å². The molecular weight excluding hydrogens is 542 g/mol. The summed E-state index contributed by atoms with van der Waals surface area (Å²) in [5, 5.41) is 40.0. The van der Waals surface area contributed by atoms with Gasteiger partial charge in [-0.15, -0.1) is 0 Å². The predicted molar refractivity (Wildman–Crippen MR) is 157 cm³/mol. The molecule has 0 amide bonds. The van der Waals surface area contributed by atoms with Gasteiger partial charge in [0.1, 0.15) is 11.9 Å². The van der Waals surface area contributed by atoms with Gasteiger partial charge in [0.25, 0.3) is 5.76 Å². The van der Waals surface area contributed by atoms with Crippen molar-refractivity contribution in [2.45, 2.75) is 77.4 Å². The summed E-state index contributed by atoms with van der Waals surface area (Å²) in [5.74, 6) is -4.88. The van der Waals surface area contributed by atoms with E-state index in [4.69, 9.17) is 14.6 Å². The van der Waals surface area contributed by atoms with Crippen LogP contribution in [0.4, 0.5) is 5.69 Å². The third kappa shape index (κ3) is 8.10. The Kier molecular flexibility index (Phi) is 12.4. The number of cyclic esters (lactones) is 1. The summed E-state index contributed by atoms with van der Waals surface area (Å²) < 4.78 is 9.85. The fraction of sp³-hybridized carbons (Fsp3) is 0.469. The zero-order valence-corrected chi connectivity index (χ0v) is 24.3. The number of aliphatic hydroxyl groups excluding tert-OH is 3. The number of aliphatic hydroxyl groups is 3. The van der Waals surface area contributed by atoms with Gasteiger partial charge in [0.15, 0.2) is 17.6 Å². The van der Waals surface area contributed by atoms with Crippen molar-refractivity contribution >= 4 is 23.4 Å². The molecule has 0 unspecified atom stereocenters. The Labute approximate surface area is 246 Å². The van der Waals surface area contributed by atoms with Crippen molar-refractivity contribution in [1.82, 2.24) is 0 Å². The lowest BCUT2D eigenvalue weighted by atomic mass is 9.97. The molecule has 0 radical (unpaired) electrons. The van der Waals surface area contributed by atoms with Crippen LogP contribution in [0.2, 0.25) is 0 Å². The molecule has 4 N–H and O–H groups in total. The number of benzene rings is 2. The average Bonchev–Trinajstić information content (AvgIpc) is 3.27. The second kappa shape index (κ2) is 15.9. The maximum atomic E-state index is 13.5. The number of hydrogen-bond donors (Lipinski definition) is 4. The largest absolute Gasteiger partial charge is 0.507 e. The van der Waals surface area contributed by atoms with Gasteiger partial charge in [-0.3, -0.25) is 4.79 Å². The fourth-order valence-electron chi connectivity index (χ4n) is 4.80. The molecule has 0 aromatic heterocycles. The molecule has 0 saturated carbocycles. The summed E-state index contributed by atoms with van der Waals surface area (Å²) >= 11 is 0. The van der Waals surface area contributed by atoms with Crippen molar-refractivity contribution in [2.24, 2.45) is 0 Å². The number of anilines is 1. The molecular formula is C32H41NO9. The van der Waals surface area contributed by atoms with Crippen LogP contribution in [0.5, 0.6) is 5.75 Å². The van der Waals surface area contributed by atoms with E-state index in [0.29, 0.717) is 0 Å². The Morgan fingerprint density at radius 1 is 0.905 bits per heavy atom. The van der Waals surface area contributed by atoms with Crippen LogP contribution in [0.25, 0.3) is 0 Å². The first kappa shape index (κ1) is 32.6. The van der Waals surface area contributed by atoms with Gasteiger partial charge in [-0.1, -0.05) is 70.6 Å². The highest BCUT2D eigenvalue weighted by molar-refractivity contribution is 6.16. The van der Waals surface area contributed by atoms with Crippen molar-refractivity contribution in [3.8, 4) is 5.75 Å². The number of phenolic OH excluding ortho intramolecular Hbond substituents is 1. The van der Waals surface area contributed by atoms with Crippen LogP contribution in [-0.2, 0) is 14.3 Å². The lowest BCUT2D eigenvalue weighted by Gasteiger charge is -2.25. The van der Waals surface area contributed by atoms with Gasteiger partial charge < -0.3 is 34.8 Å². The van der Waals surface area contributed by atoms with Crippen molar-refractivity contribution in [3.05, 3.63) is 70.7 Å². The maximum Gasteiger partial charge on any atom is 0.378 e. The number of hydrogen-bond acceptors (Lipinski definition) is 10. The lowest BCUT2D eigenvalue weighted by Crippen LogP contribution is -2.31. The molecule has 0 fully saturated rings. The van der Waals surface area contributed by atoms with E-state index in [9.17, 15) is 29.7 Å². The van der Waals surface area contributed by atoms with Gasteiger partial charge in [-0.2, -0.15) is 0 Å². The number of esters is 2. The number of nitrogens with zero attached hydrogens (tertiary/aromatic N) is 1. The molecule has 10 heteroatoms. The van der Waals surface area contributed by atoms with Crippen LogP contribution in [0.3, 0.4) is 0 Å². The second-order valence-corrected chi connectivity index (χ2v) is 10.4. The van der Waals surface area contributed by atoms with Crippen molar-refractivity contribution < 1.29 is 44.3 Å². The van der Waals surface area contributed by atoms with E-state index < -0.39 is 48.1 Å². The van der Waals surface area contributed by atoms with Crippen molar-refractivity contribution in [1.29, 1.82) is 0 Å². The normalized spacial score (nSPS) is 15.4. The van der Waals surface area contributed by atoms with Gasteiger partial charge in [0.2, 0.25) is 0 Å². The molecule has 2 atom stereocenters. The molecule has 1 heterocycles. The number of carbonyl (C=O) groups is 3. The number of aromatic hydroxyl groups is 1. The van der Waals surface area contributed by atoms with Crippen LogP contribution >= 0.6 is 0 Å². The molecule has 42 heavy (non-hydrogen) atoms. The van der Waals surface area contributed by atoms with Crippen LogP contribution in [0, 0.1) is 0 Å². The highest BCUT2D eigenvalue weighted by Crippen LogP contribution is 2.30. The quantitative estimate of drug-likeness (QED) is 0.116. The monoisotopic (exact) mass is 583 g/mol. The third-order valence-electron chi connectivity index (χ3n) is 7.20. The molecule has 228 valence electrons. The number of phenols is 1. The first-order valence-electron chi connectivity index (χ1n) is 14.6. The summed E-state index contributed by atoms with van der Waals surface area (Å²) in [6, 6.07) is 10.6. The summed E-state index contributed by atoms with van der Waals surface area (Å²) in [6.45, 7) is 5.21. The Morgan fingerprint density at radius 2 is 1.52 bits per heavy atom. The van der Waals surface area contributed by atoms with Gasteiger partial charge >= 0.3 is 11.9 Å². The van der Waals surface area contributed by atoms with Crippen molar-refractivity contribution in [2.75, 3.05) is 24.6 Å². The summed E-state index contributed by atoms with van der Waals surface area (Å²) in [5.41, 5.74) is 0.509. The maximum absolute atomic E-state index is 13.5. The molecule has 0 saturated heterocycles. The third-order valence-corrected chi connectivity index (χ3v) is 7.20. The summed E-state index contributed by atoms with van der Waals surface area (Å²) in [6.07, 6.45) is 5.68. The van der Waals surface area contributed by atoms with Crippen LogP contribution in [0.1, 0.15) is 91.5 Å². The topological polar surface area (TPSA) is 154 Å². The zero-order chi connectivity index (χ0) is 30.6. The number of rotatable bonds is 17. The van der Waals surface area contributed by atoms with E-state index in [1.165, 1.54) is 30.3 Å². The standard InChI is InChI=1S/C32H41NO9/c1-3-5-7-11-17-33(18-12-8-6-4-2)21-15-16-24(25(35)19-21)27(37)22-13-9-10-14-23(22)31(39)42-30-28(38)29(26(36)20-34)41-32(30)40/h9-10,13-16,19,26,29,34-36,38H,3-8,11-12,17-18,20H2,1-2H3/t26-,29+/m0/s1. The zero-order valence-electron chi connectivity index (χ0n) is 24.3.